The molecule has 90 valence electrons. The lowest BCUT2D eigenvalue weighted by atomic mass is 10.1. The molecule has 0 saturated heterocycles. The molecule has 0 aliphatic rings. The highest BCUT2D eigenvalue weighted by Gasteiger charge is 2.05. The molecule has 0 spiro atoms. The Morgan fingerprint density at radius 1 is 1.59 bits per heavy atom. The van der Waals surface area contributed by atoms with Crippen LogP contribution in [0.1, 0.15) is 35.7 Å². The number of carbonyl (C=O) groups is 1. The molecule has 1 aromatic carbocycles. The Hall–Kier alpha value is -1.86. The van der Waals surface area contributed by atoms with Gasteiger partial charge in [0, 0.05) is 18.2 Å². The minimum Gasteiger partial charge on any atom is -0.366 e. The number of carbonyl (C=O) groups excluding carboxylic acids is 1. The quantitative estimate of drug-likeness (QED) is 0.780. The van der Waals surface area contributed by atoms with Gasteiger partial charge in [0.25, 0.3) is 0 Å². The second-order valence-corrected chi connectivity index (χ2v) is 3.91. The Kier molecular flexibility index (Phi) is 5.18. The molecule has 0 heterocycles. The lowest BCUT2D eigenvalue weighted by Gasteiger charge is -2.13. The van der Waals surface area contributed by atoms with Crippen LogP contribution in [0, 0.1) is 11.3 Å². The van der Waals surface area contributed by atoms with Crippen LogP contribution in [0.2, 0.25) is 0 Å². The highest BCUT2D eigenvalue weighted by atomic mass is 16.1. The van der Waals surface area contributed by atoms with E-state index in [-0.39, 0.29) is 6.04 Å². The van der Waals surface area contributed by atoms with Gasteiger partial charge in [0.2, 0.25) is 5.91 Å². The minimum absolute atomic E-state index is 0.192. The summed E-state index contributed by atoms with van der Waals surface area (Å²) in [5, 5.41) is 11.9. The molecule has 17 heavy (non-hydrogen) atoms. The van der Waals surface area contributed by atoms with Gasteiger partial charge in [0.15, 0.2) is 0 Å². The van der Waals surface area contributed by atoms with Gasteiger partial charge in [-0.05, 0) is 24.1 Å². The van der Waals surface area contributed by atoms with Crippen molar-refractivity contribution in [1.82, 2.24) is 5.32 Å². The summed E-state index contributed by atoms with van der Waals surface area (Å²) in [6.45, 7) is 2.68. The third kappa shape index (κ3) is 4.25. The summed E-state index contributed by atoms with van der Waals surface area (Å²) in [6.07, 6.45) is 1.40. The Labute approximate surface area is 101 Å². The molecule has 0 radical (unpaired) electrons. The van der Waals surface area contributed by atoms with E-state index in [0.29, 0.717) is 18.5 Å². The first-order chi connectivity index (χ1) is 8.17. The van der Waals surface area contributed by atoms with Crippen molar-refractivity contribution in [2.75, 3.05) is 0 Å². The van der Waals surface area contributed by atoms with E-state index in [0.717, 1.165) is 12.0 Å². The maximum atomic E-state index is 11.0. The molecule has 1 rings (SSSR count). The summed E-state index contributed by atoms with van der Waals surface area (Å²) in [7, 11) is 0. The van der Waals surface area contributed by atoms with Crippen molar-refractivity contribution in [3.8, 4) is 6.07 Å². The normalized spacial score (nSPS) is 11.8. The molecule has 3 N–H and O–H groups in total. The van der Waals surface area contributed by atoms with Crippen molar-refractivity contribution < 1.29 is 4.79 Å². The minimum atomic E-state index is -0.420. The zero-order valence-corrected chi connectivity index (χ0v) is 9.94. The fourth-order valence-corrected chi connectivity index (χ4v) is 1.57. The third-order valence-electron chi connectivity index (χ3n) is 2.64. The molecule has 4 nitrogen and oxygen atoms in total. The summed E-state index contributed by atoms with van der Waals surface area (Å²) in [5.41, 5.74) is 6.72. The largest absolute Gasteiger partial charge is 0.366 e. The summed E-state index contributed by atoms with van der Waals surface area (Å²) < 4.78 is 0. The first kappa shape index (κ1) is 13.2. The van der Waals surface area contributed by atoms with Crippen LogP contribution in [0.4, 0.5) is 0 Å². The Balaban J connectivity index is 2.60. The standard InChI is InChI=1S/C13H17N3O/c1-2-12(6-7-14)16-9-10-4-3-5-11(8-10)13(15)17/h3-5,8,12,16H,2,6,9H2,1H3,(H2,15,17). The number of nitrogens with one attached hydrogen (secondary N) is 1. The number of rotatable bonds is 6. The SMILES string of the molecule is CCC(CC#N)NCc1cccc(C(N)=O)c1. The van der Waals surface area contributed by atoms with Crippen molar-refractivity contribution in [2.45, 2.75) is 32.4 Å². The number of benzene rings is 1. The van der Waals surface area contributed by atoms with Crippen LogP contribution in [-0.2, 0) is 6.54 Å². The van der Waals surface area contributed by atoms with Crippen LogP contribution in [0.5, 0.6) is 0 Å². The van der Waals surface area contributed by atoms with E-state index >= 15 is 0 Å². The molecule has 1 amide bonds. The zero-order chi connectivity index (χ0) is 12.7. The van der Waals surface area contributed by atoms with Gasteiger partial charge < -0.3 is 11.1 Å². The first-order valence-electron chi connectivity index (χ1n) is 5.66. The van der Waals surface area contributed by atoms with Gasteiger partial charge in [0.05, 0.1) is 12.5 Å². The molecule has 1 atom stereocenters. The summed E-state index contributed by atoms with van der Waals surface area (Å²) in [5.74, 6) is -0.420. The van der Waals surface area contributed by atoms with Crippen molar-refractivity contribution in [2.24, 2.45) is 5.73 Å². The molecule has 0 aliphatic carbocycles. The lowest BCUT2D eigenvalue weighted by molar-refractivity contribution is 0.1000. The van der Waals surface area contributed by atoms with Crippen LogP contribution in [0.15, 0.2) is 24.3 Å². The maximum Gasteiger partial charge on any atom is 0.248 e. The number of nitriles is 1. The van der Waals surface area contributed by atoms with E-state index in [9.17, 15) is 4.79 Å². The van der Waals surface area contributed by atoms with E-state index in [1.807, 2.05) is 19.1 Å². The topological polar surface area (TPSA) is 78.9 Å². The number of nitrogens with zero attached hydrogens (tertiary/aromatic N) is 1. The van der Waals surface area contributed by atoms with Gasteiger partial charge >= 0.3 is 0 Å². The van der Waals surface area contributed by atoms with Crippen molar-refractivity contribution >= 4 is 5.91 Å². The van der Waals surface area contributed by atoms with Gasteiger partial charge in [-0.25, -0.2) is 0 Å². The van der Waals surface area contributed by atoms with Crippen molar-refractivity contribution in [3.05, 3.63) is 35.4 Å². The van der Waals surface area contributed by atoms with Crippen LogP contribution in [0.3, 0.4) is 0 Å². The van der Waals surface area contributed by atoms with Crippen molar-refractivity contribution in [3.63, 3.8) is 0 Å². The van der Waals surface area contributed by atoms with Crippen LogP contribution >= 0.6 is 0 Å². The lowest BCUT2D eigenvalue weighted by Crippen LogP contribution is -2.27. The fourth-order valence-electron chi connectivity index (χ4n) is 1.57. The maximum absolute atomic E-state index is 11.0. The van der Waals surface area contributed by atoms with Crippen LogP contribution in [-0.4, -0.2) is 11.9 Å². The Morgan fingerprint density at radius 3 is 2.94 bits per heavy atom. The fraction of sp³-hybridized carbons (Fsp3) is 0.385. The second-order valence-electron chi connectivity index (χ2n) is 3.91. The van der Waals surface area contributed by atoms with Gasteiger partial charge in [-0.1, -0.05) is 19.1 Å². The Morgan fingerprint density at radius 2 is 2.35 bits per heavy atom. The molecule has 1 aromatic rings. The third-order valence-corrected chi connectivity index (χ3v) is 2.64. The molecule has 0 aliphatic heterocycles. The van der Waals surface area contributed by atoms with Crippen LogP contribution in [0.25, 0.3) is 0 Å². The zero-order valence-electron chi connectivity index (χ0n) is 9.94. The highest BCUT2D eigenvalue weighted by Crippen LogP contribution is 2.06. The molecular weight excluding hydrogens is 214 g/mol. The predicted molar refractivity (Wildman–Crippen MR) is 66.1 cm³/mol. The number of hydrogen-bond acceptors (Lipinski definition) is 3. The molecule has 4 heteroatoms. The summed E-state index contributed by atoms with van der Waals surface area (Å²) >= 11 is 0. The Bertz CT molecular complexity index is 423. The van der Waals surface area contributed by atoms with Crippen LogP contribution < -0.4 is 11.1 Å². The van der Waals surface area contributed by atoms with Gasteiger partial charge in [-0.15, -0.1) is 0 Å². The summed E-state index contributed by atoms with van der Waals surface area (Å²) in [4.78, 5) is 11.0. The average molecular weight is 231 g/mol. The van der Waals surface area contributed by atoms with E-state index in [1.165, 1.54) is 0 Å². The second kappa shape index (κ2) is 6.66. The molecule has 1 unspecified atom stereocenters. The van der Waals surface area contributed by atoms with E-state index in [4.69, 9.17) is 11.0 Å². The monoisotopic (exact) mass is 231 g/mol. The highest BCUT2D eigenvalue weighted by molar-refractivity contribution is 5.92. The number of primary amides is 1. The smallest absolute Gasteiger partial charge is 0.248 e. The predicted octanol–water partition coefficient (Wildman–Crippen LogP) is 1.57. The van der Waals surface area contributed by atoms with E-state index in [1.54, 1.807) is 12.1 Å². The van der Waals surface area contributed by atoms with E-state index < -0.39 is 5.91 Å². The number of hydrogen-bond donors (Lipinski definition) is 2. The summed E-state index contributed by atoms with van der Waals surface area (Å²) in [6, 6.07) is 9.54. The average Bonchev–Trinajstić information content (AvgIpc) is 2.34. The molecule has 0 aromatic heterocycles. The molecule has 0 fully saturated rings. The molecule has 0 bridgehead atoms. The number of nitrogens with two attached hydrogens (primary N) is 1. The van der Waals surface area contributed by atoms with Gasteiger partial charge in [-0.2, -0.15) is 5.26 Å². The van der Waals surface area contributed by atoms with Crippen molar-refractivity contribution in [1.29, 1.82) is 5.26 Å². The molecular formula is C13H17N3O. The van der Waals surface area contributed by atoms with E-state index in [2.05, 4.69) is 11.4 Å². The van der Waals surface area contributed by atoms with Gasteiger partial charge in [0.1, 0.15) is 0 Å². The van der Waals surface area contributed by atoms with Gasteiger partial charge in [-0.3, -0.25) is 4.79 Å². The number of amides is 1. The first-order valence-corrected chi connectivity index (χ1v) is 5.66. The molecule has 0 saturated carbocycles.